The van der Waals surface area contributed by atoms with Crippen molar-refractivity contribution in [3.05, 3.63) is 84.3 Å². The first kappa shape index (κ1) is 31.7. The topological polar surface area (TPSA) is 126 Å². The van der Waals surface area contributed by atoms with Gasteiger partial charge in [-0.1, -0.05) is 54.6 Å². The molecule has 0 saturated heterocycles. The normalized spacial score (nSPS) is 11.7. The molecule has 3 N–H and O–H groups in total. The van der Waals surface area contributed by atoms with Crippen LogP contribution >= 0.6 is 0 Å². The number of halogens is 4. The number of hydrogen-bond acceptors (Lipinski definition) is 7. The van der Waals surface area contributed by atoms with Crippen molar-refractivity contribution in [2.45, 2.75) is 37.9 Å². The van der Waals surface area contributed by atoms with Crippen LogP contribution in [-0.2, 0) is 23.9 Å². The summed E-state index contributed by atoms with van der Waals surface area (Å²) in [7, 11) is 0. The first-order valence-electron chi connectivity index (χ1n) is 12.9. The van der Waals surface area contributed by atoms with Crippen LogP contribution in [0.1, 0.15) is 37.3 Å². The first-order chi connectivity index (χ1) is 20.0. The van der Waals surface area contributed by atoms with Crippen LogP contribution in [0.5, 0.6) is 0 Å². The van der Waals surface area contributed by atoms with Gasteiger partial charge in [0.15, 0.2) is 0 Å². The highest BCUT2D eigenvalue weighted by molar-refractivity contribution is 5.89. The highest BCUT2D eigenvalue weighted by atomic mass is 19.4. The molecule has 0 radical (unpaired) electrons. The van der Waals surface area contributed by atoms with E-state index in [1.807, 2.05) is 6.07 Å². The lowest BCUT2D eigenvalue weighted by atomic mass is 9.96. The van der Waals surface area contributed by atoms with Crippen molar-refractivity contribution >= 4 is 29.6 Å². The summed E-state index contributed by atoms with van der Waals surface area (Å²) in [6, 6.07) is 16.3. The molecule has 0 saturated carbocycles. The molecule has 0 aliphatic heterocycles. The van der Waals surface area contributed by atoms with Crippen molar-refractivity contribution < 1.29 is 41.5 Å². The monoisotopic (exact) mass is 588 g/mol. The second-order valence-corrected chi connectivity index (χ2v) is 9.03. The molecular formula is C29H28F4N4O5. The number of nitrogens with one attached hydrogen (secondary N) is 3. The fourth-order valence-electron chi connectivity index (χ4n) is 3.87. The molecule has 222 valence electrons. The zero-order valence-corrected chi connectivity index (χ0v) is 22.2. The molecule has 0 bridgehead atoms. The summed E-state index contributed by atoms with van der Waals surface area (Å²) in [6.45, 7) is 0.0328. The number of benzene rings is 2. The van der Waals surface area contributed by atoms with E-state index in [9.17, 15) is 32.3 Å². The van der Waals surface area contributed by atoms with Gasteiger partial charge in [-0.05, 0) is 30.5 Å². The number of ether oxygens (including phenoxy) is 1. The van der Waals surface area contributed by atoms with Crippen molar-refractivity contribution in [3.63, 3.8) is 0 Å². The molecule has 42 heavy (non-hydrogen) atoms. The van der Waals surface area contributed by atoms with E-state index in [1.54, 1.807) is 48.7 Å². The molecular weight excluding hydrogens is 560 g/mol. The highest BCUT2D eigenvalue weighted by Crippen LogP contribution is 2.30. The van der Waals surface area contributed by atoms with Gasteiger partial charge in [0, 0.05) is 30.3 Å². The van der Waals surface area contributed by atoms with Gasteiger partial charge >= 0.3 is 18.1 Å². The van der Waals surface area contributed by atoms with Crippen LogP contribution in [0.15, 0.2) is 72.9 Å². The third kappa shape index (κ3) is 9.98. The lowest BCUT2D eigenvalue weighted by Crippen LogP contribution is -2.40. The molecule has 2 amide bonds. The molecule has 0 aliphatic rings. The number of alkyl halides is 3. The molecule has 0 aliphatic carbocycles. The third-order valence-corrected chi connectivity index (χ3v) is 5.88. The number of aromatic nitrogens is 1. The molecule has 3 aromatic rings. The van der Waals surface area contributed by atoms with Gasteiger partial charge in [0.25, 0.3) is 0 Å². The maximum absolute atomic E-state index is 15.6. The summed E-state index contributed by atoms with van der Waals surface area (Å²) in [5.74, 6) is -5.79. The van der Waals surface area contributed by atoms with E-state index in [0.717, 1.165) is 0 Å². The molecule has 1 atom stereocenters. The molecule has 1 aromatic heterocycles. The fourth-order valence-corrected chi connectivity index (χ4v) is 3.87. The number of carbonyl (C=O) groups excluding carboxylic acids is 4. The minimum absolute atomic E-state index is 0.109. The first-order valence-corrected chi connectivity index (χ1v) is 12.9. The van der Waals surface area contributed by atoms with Crippen molar-refractivity contribution in [2.24, 2.45) is 0 Å². The smallest absolute Gasteiger partial charge is 0.386 e. The number of rotatable bonds is 13. The average molecular weight is 589 g/mol. The SMILES string of the molecule is O=C(CCCCNc1ccccn1)NCC(=O)NC(CC(=O)OC(=O)C(F)(F)F)c1cccc(-c2ccccc2)c1F. The zero-order valence-electron chi connectivity index (χ0n) is 22.2. The number of esters is 2. The number of nitrogens with zero attached hydrogens (tertiary/aromatic N) is 1. The van der Waals surface area contributed by atoms with Crippen LogP contribution in [0.2, 0.25) is 0 Å². The van der Waals surface area contributed by atoms with Crippen LogP contribution < -0.4 is 16.0 Å². The van der Waals surface area contributed by atoms with Crippen molar-refractivity contribution in [2.75, 3.05) is 18.4 Å². The predicted molar refractivity (Wildman–Crippen MR) is 144 cm³/mol. The van der Waals surface area contributed by atoms with Gasteiger partial charge < -0.3 is 20.7 Å². The Morgan fingerprint density at radius 2 is 1.62 bits per heavy atom. The summed E-state index contributed by atoms with van der Waals surface area (Å²) in [4.78, 5) is 52.2. The maximum Gasteiger partial charge on any atom is 0.491 e. The summed E-state index contributed by atoms with van der Waals surface area (Å²) >= 11 is 0. The second-order valence-electron chi connectivity index (χ2n) is 9.03. The number of pyridine rings is 1. The minimum atomic E-state index is -5.42. The van der Waals surface area contributed by atoms with Gasteiger partial charge in [0.05, 0.1) is 19.0 Å². The van der Waals surface area contributed by atoms with Gasteiger partial charge in [-0.2, -0.15) is 13.2 Å². The summed E-state index contributed by atoms with van der Waals surface area (Å²) in [5, 5.41) is 7.85. The number of amides is 2. The lowest BCUT2D eigenvalue weighted by Gasteiger charge is -2.20. The van der Waals surface area contributed by atoms with Crippen LogP contribution in [0.4, 0.5) is 23.4 Å². The van der Waals surface area contributed by atoms with Crippen LogP contribution in [0, 0.1) is 5.82 Å². The lowest BCUT2D eigenvalue weighted by molar-refractivity contribution is -0.202. The Hall–Kier alpha value is -4.81. The van der Waals surface area contributed by atoms with E-state index >= 15 is 4.39 Å². The largest absolute Gasteiger partial charge is 0.491 e. The van der Waals surface area contributed by atoms with Crippen LogP contribution in [-0.4, -0.2) is 48.0 Å². The fraction of sp³-hybridized carbons (Fsp3) is 0.276. The molecule has 3 rings (SSSR count). The Kier molecular flexibility index (Phi) is 11.5. The van der Waals surface area contributed by atoms with E-state index in [2.05, 4.69) is 25.7 Å². The second kappa shape index (κ2) is 15.3. The molecule has 2 aromatic carbocycles. The van der Waals surface area contributed by atoms with Gasteiger partial charge in [-0.3, -0.25) is 14.4 Å². The van der Waals surface area contributed by atoms with Gasteiger partial charge in [-0.15, -0.1) is 0 Å². The quantitative estimate of drug-likeness (QED) is 0.116. The number of carbonyl (C=O) groups is 4. The summed E-state index contributed by atoms with van der Waals surface area (Å²) in [5.41, 5.74) is 0.352. The van der Waals surface area contributed by atoms with E-state index in [-0.39, 0.29) is 17.5 Å². The number of anilines is 1. The van der Waals surface area contributed by atoms with Gasteiger partial charge in [-0.25, -0.2) is 14.2 Å². The summed E-state index contributed by atoms with van der Waals surface area (Å²) in [6.07, 6.45) is -3.50. The Balaban J connectivity index is 1.61. The van der Waals surface area contributed by atoms with E-state index in [1.165, 1.54) is 18.2 Å². The standard InChI is InChI=1S/C29H28F4N4O5/c30-27-20(19-9-2-1-3-10-19)11-8-12-21(27)22(17-26(40)42-28(41)29(31,32)33)37-25(39)18-36-24(38)14-5-7-16-35-23-13-4-6-15-34-23/h1-4,6,8-13,15,22H,5,7,14,16-18H2,(H,34,35)(H,36,38)(H,37,39). The van der Waals surface area contributed by atoms with Crippen molar-refractivity contribution in [3.8, 4) is 11.1 Å². The Labute approximate surface area is 238 Å². The Morgan fingerprint density at radius 1 is 0.881 bits per heavy atom. The van der Waals surface area contributed by atoms with Gasteiger partial charge in [0.1, 0.15) is 11.6 Å². The molecule has 1 heterocycles. The van der Waals surface area contributed by atoms with Crippen molar-refractivity contribution in [1.29, 1.82) is 0 Å². The molecule has 0 spiro atoms. The number of hydrogen-bond donors (Lipinski definition) is 3. The molecule has 13 heteroatoms. The predicted octanol–water partition coefficient (Wildman–Crippen LogP) is 4.47. The van der Waals surface area contributed by atoms with E-state index in [4.69, 9.17) is 0 Å². The van der Waals surface area contributed by atoms with Crippen LogP contribution in [0.3, 0.4) is 0 Å². The Bertz CT molecular complexity index is 1370. The molecule has 9 nitrogen and oxygen atoms in total. The summed E-state index contributed by atoms with van der Waals surface area (Å²) < 4.78 is 57.1. The van der Waals surface area contributed by atoms with E-state index < -0.39 is 54.8 Å². The van der Waals surface area contributed by atoms with E-state index in [0.29, 0.717) is 30.8 Å². The van der Waals surface area contributed by atoms with Crippen molar-refractivity contribution in [1.82, 2.24) is 15.6 Å². The van der Waals surface area contributed by atoms with Gasteiger partial charge in [0.2, 0.25) is 11.8 Å². The zero-order chi connectivity index (χ0) is 30.5. The third-order valence-electron chi connectivity index (χ3n) is 5.88. The maximum atomic E-state index is 15.6. The average Bonchev–Trinajstić information content (AvgIpc) is 2.96. The van der Waals surface area contributed by atoms with Crippen LogP contribution in [0.25, 0.3) is 11.1 Å². The molecule has 1 unspecified atom stereocenters. The highest BCUT2D eigenvalue weighted by Gasteiger charge is 2.42. The minimum Gasteiger partial charge on any atom is -0.386 e. The molecule has 0 fully saturated rings. The number of unbranched alkanes of at least 4 members (excludes halogenated alkanes) is 1. The Morgan fingerprint density at radius 3 is 2.31 bits per heavy atom.